The van der Waals surface area contributed by atoms with Crippen LogP contribution in [0.25, 0.3) is 11.1 Å². The third-order valence-electron chi connectivity index (χ3n) is 6.00. The van der Waals surface area contributed by atoms with Crippen molar-refractivity contribution in [1.82, 2.24) is 14.8 Å². The number of aromatic nitrogens is 3. The lowest BCUT2D eigenvalue weighted by molar-refractivity contribution is -0.113. The van der Waals surface area contributed by atoms with Gasteiger partial charge in [0.2, 0.25) is 5.91 Å². The maximum Gasteiger partial charge on any atom is 0.341 e. The molecule has 8 nitrogen and oxygen atoms in total. The van der Waals surface area contributed by atoms with E-state index in [1.54, 1.807) is 6.08 Å². The molecule has 2 heterocycles. The predicted octanol–water partition coefficient (Wildman–Crippen LogP) is 6.87. The summed E-state index contributed by atoms with van der Waals surface area (Å²) in [6.45, 7) is 10.2. The zero-order chi connectivity index (χ0) is 28.8. The van der Waals surface area contributed by atoms with Crippen molar-refractivity contribution in [3.8, 4) is 16.9 Å². The first-order valence-electron chi connectivity index (χ1n) is 12.4. The van der Waals surface area contributed by atoms with E-state index < -0.39 is 5.97 Å². The Morgan fingerprint density at radius 1 is 1.15 bits per heavy atom. The first-order chi connectivity index (χ1) is 19.2. The number of esters is 1. The summed E-state index contributed by atoms with van der Waals surface area (Å²) in [7, 11) is 1.33. The van der Waals surface area contributed by atoms with Crippen molar-refractivity contribution in [2.24, 2.45) is 0 Å². The van der Waals surface area contributed by atoms with Gasteiger partial charge in [-0.1, -0.05) is 59.8 Å². The van der Waals surface area contributed by atoms with Gasteiger partial charge >= 0.3 is 5.97 Å². The number of ether oxygens (including phenoxy) is 2. The monoisotopic (exact) mass is 596 g/mol. The molecule has 0 aliphatic rings. The Morgan fingerprint density at radius 2 is 1.85 bits per heavy atom. The lowest BCUT2D eigenvalue weighted by Gasteiger charge is -2.11. The number of thiophene rings is 1. The lowest BCUT2D eigenvalue weighted by atomic mass is 10.0. The smallest absolute Gasteiger partial charge is 0.341 e. The fraction of sp³-hybridized carbons (Fsp3) is 0.241. The van der Waals surface area contributed by atoms with Crippen LogP contribution in [0.2, 0.25) is 5.02 Å². The first kappa shape index (κ1) is 29.4. The Labute approximate surface area is 246 Å². The molecule has 0 aliphatic heterocycles. The fourth-order valence-electron chi connectivity index (χ4n) is 4.16. The predicted molar refractivity (Wildman–Crippen MR) is 161 cm³/mol. The average Bonchev–Trinajstić information content (AvgIpc) is 3.48. The topological polar surface area (TPSA) is 95.3 Å². The quantitative estimate of drug-likeness (QED) is 0.115. The highest BCUT2D eigenvalue weighted by Gasteiger charge is 2.25. The van der Waals surface area contributed by atoms with Gasteiger partial charge in [0.05, 0.1) is 12.9 Å². The summed E-state index contributed by atoms with van der Waals surface area (Å²) in [5.74, 6) is 0.553. The van der Waals surface area contributed by atoms with E-state index in [2.05, 4.69) is 22.1 Å². The molecule has 0 radical (unpaired) electrons. The van der Waals surface area contributed by atoms with Crippen LogP contribution in [0.15, 0.2) is 60.3 Å². The second-order valence-corrected chi connectivity index (χ2v) is 11.4. The van der Waals surface area contributed by atoms with Crippen molar-refractivity contribution in [2.75, 3.05) is 18.2 Å². The molecule has 0 saturated carbocycles. The minimum atomic E-state index is -0.507. The maximum atomic E-state index is 13.0. The molecule has 1 N–H and O–H groups in total. The molecule has 0 aliphatic carbocycles. The van der Waals surface area contributed by atoms with Gasteiger partial charge in [-0.15, -0.1) is 28.1 Å². The van der Waals surface area contributed by atoms with Gasteiger partial charge in [-0.25, -0.2) is 4.79 Å². The van der Waals surface area contributed by atoms with Crippen molar-refractivity contribution in [2.45, 2.75) is 39.1 Å². The zero-order valence-electron chi connectivity index (χ0n) is 22.6. The van der Waals surface area contributed by atoms with E-state index in [1.165, 1.54) is 30.2 Å². The number of benzene rings is 2. The van der Waals surface area contributed by atoms with Crippen molar-refractivity contribution in [1.29, 1.82) is 0 Å². The van der Waals surface area contributed by atoms with Gasteiger partial charge in [0.15, 0.2) is 11.0 Å². The molecule has 0 fully saturated rings. The Hall–Kier alpha value is -3.60. The average molecular weight is 597 g/mol. The highest BCUT2D eigenvalue weighted by atomic mass is 35.5. The summed E-state index contributed by atoms with van der Waals surface area (Å²) in [6.07, 6.45) is 1.73. The van der Waals surface area contributed by atoms with Crippen LogP contribution in [-0.2, 0) is 22.7 Å². The molecule has 11 heteroatoms. The van der Waals surface area contributed by atoms with Gasteiger partial charge in [0.25, 0.3) is 0 Å². The van der Waals surface area contributed by atoms with Crippen molar-refractivity contribution < 1.29 is 19.1 Å². The van der Waals surface area contributed by atoms with Crippen molar-refractivity contribution >= 4 is 51.6 Å². The maximum absolute atomic E-state index is 13.0. The number of rotatable bonds is 11. The number of nitrogens with zero attached hydrogens (tertiary/aromatic N) is 3. The van der Waals surface area contributed by atoms with E-state index >= 15 is 0 Å². The largest absolute Gasteiger partial charge is 0.486 e. The van der Waals surface area contributed by atoms with Gasteiger partial charge in [0, 0.05) is 22.0 Å². The number of thioether (sulfide) groups is 1. The second-order valence-electron chi connectivity index (χ2n) is 8.89. The molecule has 2 aromatic heterocycles. The molecule has 0 bridgehead atoms. The number of carbonyl (C=O) groups is 2. The van der Waals surface area contributed by atoms with Crippen molar-refractivity contribution in [3.63, 3.8) is 0 Å². The van der Waals surface area contributed by atoms with E-state index in [0.717, 1.165) is 27.1 Å². The van der Waals surface area contributed by atoms with Crippen LogP contribution >= 0.6 is 34.7 Å². The zero-order valence-corrected chi connectivity index (χ0v) is 25.0. The fourth-order valence-corrected chi connectivity index (χ4v) is 6.11. The molecular weight excluding hydrogens is 568 g/mol. The van der Waals surface area contributed by atoms with Crippen LogP contribution in [0.4, 0.5) is 5.00 Å². The summed E-state index contributed by atoms with van der Waals surface area (Å²) < 4.78 is 12.9. The van der Waals surface area contributed by atoms with Gasteiger partial charge < -0.3 is 14.8 Å². The van der Waals surface area contributed by atoms with E-state index in [-0.39, 0.29) is 18.3 Å². The first-order valence-corrected chi connectivity index (χ1v) is 14.5. The number of hydrogen-bond donors (Lipinski definition) is 1. The molecule has 0 atom stereocenters. The van der Waals surface area contributed by atoms with Gasteiger partial charge in [-0.3, -0.25) is 9.36 Å². The third-order valence-corrected chi connectivity index (χ3v) is 8.59. The van der Waals surface area contributed by atoms with Crippen LogP contribution in [0.5, 0.6) is 5.75 Å². The minimum absolute atomic E-state index is 0.0595. The molecule has 4 aromatic rings. The summed E-state index contributed by atoms with van der Waals surface area (Å²) in [5.41, 5.74) is 3.83. The summed E-state index contributed by atoms with van der Waals surface area (Å²) in [6, 6.07) is 13.3. The molecule has 2 aromatic carbocycles. The molecule has 40 heavy (non-hydrogen) atoms. The van der Waals surface area contributed by atoms with E-state index in [9.17, 15) is 9.59 Å². The number of halogens is 1. The number of amides is 1. The number of nitrogens with one attached hydrogen (secondary N) is 1. The lowest BCUT2D eigenvalue weighted by Crippen LogP contribution is -2.16. The van der Waals surface area contributed by atoms with E-state index in [1.807, 2.05) is 67.8 Å². The number of aryl methyl sites for hydroxylation is 3. The van der Waals surface area contributed by atoms with Crippen LogP contribution in [-0.4, -0.2) is 39.5 Å². The van der Waals surface area contributed by atoms with Crippen LogP contribution in [0.3, 0.4) is 0 Å². The summed E-state index contributed by atoms with van der Waals surface area (Å²) in [5, 5.41) is 13.1. The Balaban J connectivity index is 1.47. The molecular formula is C29H29ClN4O4S2. The Bertz CT molecular complexity index is 1530. The Morgan fingerprint density at radius 3 is 2.50 bits per heavy atom. The highest BCUT2D eigenvalue weighted by Crippen LogP contribution is 2.40. The number of carbonyl (C=O) groups excluding carboxylic acids is 2. The van der Waals surface area contributed by atoms with E-state index in [4.69, 9.17) is 21.1 Å². The molecule has 0 spiro atoms. The summed E-state index contributed by atoms with van der Waals surface area (Å²) in [4.78, 5) is 26.6. The normalized spacial score (nSPS) is 10.8. The van der Waals surface area contributed by atoms with Gasteiger partial charge in [-0.05, 0) is 49.6 Å². The SMILES string of the molecule is C=CCn1c(COc2cc(C)c(Cl)c(C)c2)nnc1SCC(=O)Nc1sc(C)c(-c2ccccc2)c1C(=O)OC. The van der Waals surface area contributed by atoms with Gasteiger partial charge in [-0.2, -0.15) is 0 Å². The number of methoxy groups -OCH3 is 1. The highest BCUT2D eigenvalue weighted by molar-refractivity contribution is 7.99. The number of allylic oxidation sites excluding steroid dienone is 1. The van der Waals surface area contributed by atoms with Crippen LogP contribution in [0, 0.1) is 20.8 Å². The Kier molecular flexibility index (Phi) is 9.67. The van der Waals surface area contributed by atoms with Crippen LogP contribution in [0.1, 0.15) is 32.2 Å². The third kappa shape index (κ3) is 6.57. The summed E-state index contributed by atoms with van der Waals surface area (Å²) >= 11 is 8.84. The van der Waals surface area contributed by atoms with Crippen LogP contribution < -0.4 is 10.1 Å². The molecule has 208 valence electrons. The molecule has 1 amide bonds. The second kappa shape index (κ2) is 13.2. The van der Waals surface area contributed by atoms with E-state index in [0.29, 0.717) is 38.9 Å². The molecule has 0 unspecified atom stereocenters. The molecule has 4 rings (SSSR count). The number of hydrogen-bond acceptors (Lipinski definition) is 8. The number of anilines is 1. The minimum Gasteiger partial charge on any atom is -0.486 e. The van der Waals surface area contributed by atoms with Gasteiger partial charge in [0.1, 0.15) is 22.9 Å². The molecule has 0 saturated heterocycles. The standard InChI is InChI=1S/C29H29ClN4O4S2/c1-6-12-34-22(15-38-21-13-17(2)26(30)18(3)14-21)32-33-29(34)39-16-23(35)31-27-25(28(36)37-5)24(19(4)40-27)20-10-8-7-9-11-20/h6-11,13-14H,1,12,15-16H2,2-5H3,(H,31,35). The van der Waals surface area contributed by atoms with Crippen molar-refractivity contribution in [3.05, 3.63) is 87.5 Å².